The number of aryl methyl sites for hydroxylation is 1. The van der Waals surface area contributed by atoms with Crippen molar-refractivity contribution >= 4 is 15.7 Å². The molecule has 1 aromatic rings. The molecule has 1 unspecified atom stereocenters. The van der Waals surface area contributed by atoms with Gasteiger partial charge in [-0.25, -0.2) is 8.42 Å². The third-order valence-corrected chi connectivity index (χ3v) is 5.39. The fourth-order valence-corrected chi connectivity index (χ4v) is 4.30. The molecule has 0 bridgehead atoms. The normalized spacial score (nSPS) is 22.5. The van der Waals surface area contributed by atoms with E-state index >= 15 is 0 Å². The lowest BCUT2D eigenvalue weighted by Gasteiger charge is -2.15. The molecular formula is C12H16N2O2S. The van der Waals surface area contributed by atoms with E-state index in [0.717, 1.165) is 5.56 Å². The molecule has 0 amide bonds. The Morgan fingerprint density at radius 2 is 2.18 bits per heavy atom. The van der Waals surface area contributed by atoms with Crippen LogP contribution < -0.4 is 5.73 Å². The lowest BCUT2D eigenvalue weighted by Crippen LogP contribution is -2.18. The van der Waals surface area contributed by atoms with E-state index in [4.69, 9.17) is 11.1 Å². The second-order valence-corrected chi connectivity index (χ2v) is 6.81. The molecule has 2 rings (SSSR count). The van der Waals surface area contributed by atoms with Crippen molar-refractivity contribution in [3.63, 3.8) is 0 Å². The van der Waals surface area contributed by atoms with E-state index in [-0.39, 0.29) is 11.6 Å². The van der Waals surface area contributed by atoms with Gasteiger partial charge in [-0.3, -0.25) is 5.41 Å². The number of nitrogens with two attached hydrogens (primary N) is 1. The van der Waals surface area contributed by atoms with Gasteiger partial charge in [-0.05, 0) is 25.3 Å². The van der Waals surface area contributed by atoms with Crippen LogP contribution in [-0.2, 0) is 9.84 Å². The first-order valence-electron chi connectivity index (χ1n) is 5.58. The SMILES string of the molecule is Cc1ccc(C(=N)N)c(C2CCCS2(=O)=O)c1. The molecular weight excluding hydrogens is 236 g/mol. The molecule has 1 fully saturated rings. The summed E-state index contributed by atoms with van der Waals surface area (Å²) >= 11 is 0. The van der Waals surface area contributed by atoms with Gasteiger partial charge in [0.15, 0.2) is 9.84 Å². The van der Waals surface area contributed by atoms with Gasteiger partial charge in [0.25, 0.3) is 0 Å². The smallest absolute Gasteiger partial charge is 0.157 e. The van der Waals surface area contributed by atoms with Crippen molar-refractivity contribution in [3.05, 3.63) is 34.9 Å². The summed E-state index contributed by atoms with van der Waals surface area (Å²) in [7, 11) is -3.07. The monoisotopic (exact) mass is 252 g/mol. The van der Waals surface area contributed by atoms with Crippen LogP contribution in [0.5, 0.6) is 0 Å². The molecule has 4 nitrogen and oxygen atoms in total. The minimum atomic E-state index is -3.07. The highest BCUT2D eigenvalue weighted by Gasteiger charge is 2.34. The highest BCUT2D eigenvalue weighted by molar-refractivity contribution is 7.91. The Labute approximate surface area is 101 Å². The first kappa shape index (κ1) is 12.1. The second-order valence-electron chi connectivity index (χ2n) is 4.50. The minimum absolute atomic E-state index is 0.0675. The van der Waals surface area contributed by atoms with Gasteiger partial charge < -0.3 is 5.73 Å². The molecule has 0 aromatic heterocycles. The first-order valence-corrected chi connectivity index (χ1v) is 7.30. The van der Waals surface area contributed by atoms with E-state index in [1.54, 1.807) is 6.07 Å². The average molecular weight is 252 g/mol. The highest BCUT2D eigenvalue weighted by atomic mass is 32.2. The second kappa shape index (κ2) is 4.14. The quantitative estimate of drug-likeness (QED) is 0.618. The van der Waals surface area contributed by atoms with Crippen LogP contribution in [0.1, 0.15) is 34.8 Å². The molecule has 0 radical (unpaired) electrons. The molecule has 0 aliphatic carbocycles. The first-order chi connectivity index (χ1) is 7.92. The van der Waals surface area contributed by atoms with E-state index in [1.807, 2.05) is 19.1 Å². The predicted molar refractivity (Wildman–Crippen MR) is 68.0 cm³/mol. The summed E-state index contributed by atoms with van der Waals surface area (Å²) < 4.78 is 23.9. The fraction of sp³-hybridized carbons (Fsp3) is 0.417. The fourth-order valence-electron chi connectivity index (χ4n) is 2.33. The van der Waals surface area contributed by atoms with Gasteiger partial charge in [-0.2, -0.15) is 0 Å². The van der Waals surface area contributed by atoms with Gasteiger partial charge in [0.1, 0.15) is 5.84 Å². The van der Waals surface area contributed by atoms with E-state index < -0.39 is 15.1 Å². The average Bonchev–Trinajstić information content (AvgIpc) is 2.57. The zero-order valence-corrected chi connectivity index (χ0v) is 10.5. The molecule has 3 N–H and O–H groups in total. The Hall–Kier alpha value is -1.36. The summed E-state index contributed by atoms with van der Waals surface area (Å²) in [4.78, 5) is 0. The molecule has 1 aromatic carbocycles. The Morgan fingerprint density at radius 3 is 2.71 bits per heavy atom. The van der Waals surface area contributed by atoms with Crippen LogP contribution >= 0.6 is 0 Å². The van der Waals surface area contributed by atoms with E-state index in [0.29, 0.717) is 24.0 Å². The third kappa shape index (κ3) is 2.20. The highest BCUT2D eigenvalue weighted by Crippen LogP contribution is 2.36. The number of benzene rings is 1. The molecule has 17 heavy (non-hydrogen) atoms. The largest absolute Gasteiger partial charge is 0.384 e. The van der Waals surface area contributed by atoms with Crippen LogP contribution in [0.3, 0.4) is 0 Å². The topological polar surface area (TPSA) is 84.0 Å². The summed E-state index contributed by atoms with van der Waals surface area (Å²) in [6, 6.07) is 5.42. The number of sulfone groups is 1. The lowest BCUT2D eigenvalue weighted by atomic mass is 9.99. The number of hydrogen-bond donors (Lipinski definition) is 2. The van der Waals surface area contributed by atoms with Crippen molar-refractivity contribution < 1.29 is 8.42 Å². The van der Waals surface area contributed by atoms with Crippen LogP contribution in [0, 0.1) is 12.3 Å². The van der Waals surface area contributed by atoms with Crippen molar-refractivity contribution in [2.24, 2.45) is 5.73 Å². The Kier molecular flexibility index (Phi) is 2.95. The van der Waals surface area contributed by atoms with Crippen molar-refractivity contribution in [1.29, 1.82) is 5.41 Å². The number of amidine groups is 1. The van der Waals surface area contributed by atoms with E-state index in [2.05, 4.69) is 0 Å². The van der Waals surface area contributed by atoms with Crippen LogP contribution in [0.25, 0.3) is 0 Å². The Bertz CT molecular complexity index is 564. The zero-order chi connectivity index (χ0) is 12.6. The van der Waals surface area contributed by atoms with Crippen molar-refractivity contribution in [2.75, 3.05) is 5.75 Å². The molecule has 1 atom stereocenters. The van der Waals surface area contributed by atoms with E-state index in [9.17, 15) is 8.42 Å². The summed E-state index contributed by atoms with van der Waals surface area (Å²) in [5, 5.41) is 7.04. The molecule has 1 saturated heterocycles. The molecule has 1 aliphatic rings. The molecule has 0 spiro atoms. The van der Waals surface area contributed by atoms with Crippen LogP contribution in [-0.4, -0.2) is 20.0 Å². The lowest BCUT2D eigenvalue weighted by molar-refractivity contribution is 0.592. The van der Waals surface area contributed by atoms with Gasteiger partial charge >= 0.3 is 0 Å². The zero-order valence-electron chi connectivity index (χ0n) is 9.73. The van der Waals surface area contributed by atoms with Crippen molar-refractivity contribution in [3.8, 4) is 0 Å². The molecule has 5 heteroatoms. The summed E-state index contributed by atoms with van der Waals surface area (Å²) in [5.74, 6) is 0.172. The molecule has 1 aliphatic heterocycles. The van der Waals surface area contributed by atoms with Gasteiger partial charge in [-0.1, -0.05) is 23.8 Å². The summed E-state index contributed by atoms with van der Waals surface area (Å²) in [6.07, 6.45) is 1.32. The predicted octanol–water partition coefficient (Wildman–Crippen LogP) is 1.53. The Balaban J connectivity index is 2.58. The third-order valence-electron chi connectivity index (χ3n) is 3.17. The van der Waals surface area contributed by atoms with Gasteiger partial charge in [0.05, 0.1) is 11.0 Å². The van der Waals surface area contributed by atoms with Gasteiger partial charge in [0.2, 0.25) is 0 Å². The summed E-state index contributed by atoms with van der Waals surface area (Å²) in [6.45, 7) is 1.91. The molecule has 92 valence electrons. The van der Waals surface area contributed by atoms with Crippen LogP contribution in [0.4, 0.5) is 0 Å². The standard InChI is InChI=1S/C12H16N2O2S/c1-8-4-5-9(12(13)14)10(7-8)11-3-2-6-17(11,15)16/h4-5,7,11H,2-3,6H2,1H3,(H3,13,14). The van der Waals surface area contributed by atoms with Crippen LogP contribution in [0.2, 0.25) is 0 Å². The van der Waals surface area contributed by atoms with Crippen molar-refractivity contribution in [2.45, 2.75) is 25.0 Å². The number of nitrogens with one attached hydrogen (secondary N) is 1. The van der Waals surface area contributed by atoms with Crippen LogP contribution in [0.15, 0.2) is 18.2 Å². The Morgan fingerprint density at radius 1 is 1.47 bits per heavy atom. The molecule has 1 heterocycles. The maximum atomic E-state index is 11.9. The van der Waals surface area contributed by atoms with E-state index in [1.165, 1.54) is 0 Å². The molecule has 0 saturated carbocycles. The van der Waals surface area contributed by atoms with Gasteiger partial charge in [0, 0.05) is 5.56 Å². The maximum absolute atomic E-state index is 11.9. The number of rotatable bonds is 2. The number of nitrogen functional groups attached to an aromatic ring is 1. The van der Waals surface area contributed by atoms with Gasteiger partial charge in [-0.15, -0.1) is 0 Å². The number of hydrogen-bond acceptors (Lipinski definition) is 3. The minimum Gasteiger partial charge on any atom is -0.384 e. The maximum Gasteiger partial charge on any atom is 0.157 e. The van der Waals surface area contributed by atoms with Crippen molar-refractivity contribution in [1.82, 2.24) is 0 Å². The summed E-state index contributed by atoms with van der Waals surface area (Å²) in [5.41, 5.74) is 7.74.